The smallest absolute Gasteiger partial charge is 0.246 e. The molecule has 7 nitrogen and oxygen atoms in total. The van der Waals surface area contributed by atoms with Gasteiger partial charge in [0.1, 0.15) is 12.4 Å². The summed E-state index contributed by atoms with van der Waals surface area (Å²) in [5, 5.41) is 7.94. The van der Waals surface area contributed by atoms with Gasteiger partial charge in [-0.15, -0.1) is 0 Å². The van der Waals surface area contributed by atoms with E-state index in [4.69, 9.17) is 20.9 Å². The van der Waals surface area contributed by atoms with Gasteiger partial charge in [-0.1, -0.05) is 37.5 Å². The number of carbonyl (C=O) groups excluding carboxylic acids is 1. The highest BCUT2D eigenvalue weighted by atomic mass is 35.5. The Hall–Kier alpha value is -3.06. The Labute approximate surface area is 180 Å². The van der Waals surface area contributed by atoms with Gasteiger partial charge in [-0.2, -0.15) is 4.98 Å². The van der Waals surface area contributed by atoms with Crippen LogP contribution in [0.25, 0.3) is 11.4 Å². The number of anilines is 2. The molecule has 0 saturated carbocycles. The number of aromatic nitrogens is 2. The molecule has 1 aromatic heterocycles. The minimum Gasteiger partial charge on any atom is -0.490 e. The van der Waals surface area contributed by atoms with Crippen molar-refractivity contribution in [3.63, 3.8) is 0 Å². The minimum atomic E-state index is -0.472. The molecule has 3 aromatic rings. The SMILES string of the molecule is CC(C)(C)C(=O)N1CCOc2ccc(NCc3nc(-c4ccc(Cl)cc4)no3)cc21. The fourth-order valence-electron chi connectivity index (χ4n) is 3.16. The fourth-order valence-corrected chi connectivity index (χ4v) is 3.29. The molecule has 30 heavy (non-hydrogen) atoms. The molecule has 0 aliphatic carbocycles. The number of amides is 1. The number of hydrogen-bond acceptors (Lipinski definition) is 6. The molecular formula is C22H23ClN4O3. The van der Waals surface area contributed by atoms with Gasteiger partial charge in [-0.05, 0) is 42.5 Å². The van der Waals surface area contributed by atoms with Crippen LogP contribution in [-0.4, -0.2) is 29.2 Å². The molecule has 0 unspecified atom stereocenters. The van der Waals surface area contributed by atoms with Crippen molar-refractivity contribution in [1.82, 2.24) is 10.1 Å². The largest absolute Gasteiger partial charge is 0.490 e. The van der Waals surface area contributed by atoms with Crippen LogP contribution in [0.2, 0.25) is 5.02 Å². The highest BCUT2D eigenvalue weighted by molar-refractivity contribution is 6.30. The summed E-state index contributed by atoms with van der Waals surface area (Å²) >= 11 is 5.92. The molecule has 8 heteroatoms. The molecule has 1 N–H and O–H groups in total. The second-order valence-electron chi connectivity index (χ2n) is 8.11. The Morgan fingerprint density at radius 2 is 1.97 bits per heavy atom. The number of ether oxygens (including phenoxy) is 1. The number of nitrogens with zero attached hydrogens (tertiary/aromatic N) is 3. The minimum absolute atomic E-state index is 0.0636. The molecule has 0 atom stereocenters. The maximum atomic E-state index is 12.8. The van der Waals surface area contributed by atoms with Gasteiger partial charge < -0.3 is 19.5 Å². The lowest BCUT2D eigenvalue weighted by molar-refractivity contribution is -0.126. The van der Waals surface area contributed by atoms with Crippen LogP contribution >= 0.6 is 11.6 Å². The summed E-state index contributed by atoms with van der Waals surface area (Å²) in [7, 11) is 0. The third-order valence-corrected chi connectivity index (χ3v) is 4.98. The summed E-state index contributed by atoms with van der Waals surface area (Å²) in [6.45, 7) is 7.12. The van der Waals surface area contributed by atoms with Crippen LogP contribution in [0, 0.1) is 5.41 Å². The van der Waals surface area contributed by atoms with E-state index in [0.29, 0.717) is 42.2 Å². The Bertz CT molecular complexity index is 1060. The average Bonchev–Trinajstić information content (AvgIpc) is 3.20. The van der Waals surface area contributed by atoms with E-state index in [-0.39, 0.29) is 5.91 Å². The van der Waals surface area contributed by atoms with E-state index < -0.39 is 5.41 Å². The second-order valence-corrected chi connectivity index (χ2v) is 8.55. The van der Waals surface area contributed by atoms with Crippen molar-refractivity contribution in [2.45, 2.75) is 27.3 Å². The maximum Gasteiger partial charge on any atom is 0.246 e. The molecule has 0 fully saturated rings. The van der Waals surface area contributed by atoms with E-state index in [2.05, 4.69) is 15.5 Å². The maximum absolute atomic E-state index is 12.8. The summed E-state index contributed by atoms with van der Waals surface area (Å²) in [6, 6.07) is 12.9. The normalized spacial score (nSPS) is 13.5. The molecule has 1 aliphatic rings. The lowest BCUT2D eigenvalue weighted by atomic mass is 9.94. The van der Waals surface area contributed by atoms with Crippen molar-refractivity contribution in [1.29, 1.82) is 0 Å². The Morgan fingerprint density at radius 3 is 2.70 bits per heavy atom. The number of nitrogens with one attached hydrogen (secondary N) is 1. The third-order valence-electron chi connectivity index (χ3n) is 4.72. The quantitative estimate of drug-likeness (QED) is 0.647. The molecule has 1 amide bonds. The number of carbonyl (C=O) groups is 1. The van der Waals surface area contributed by atoms with E-state index in [9.17, 15) is 4.79 Å². The molecule has 0 radical (unpaired) electrons. The van der Waals surface area contributed by atoms with Crippen molar-refractivity contribution in [2.75, 3.05) is 23.4 Å². The lowest BCUT2D eigenvalue weighted by Gasteiger charge is -2.34. The number of benzene rings is 2. The van der Waals surface area contributed by atoms with Gasteiger partial charge in [0.05, 0.1) is 18.8 Å². The van der Waals surface area contributed by atoms with Gasteiger partial charge >= 0.3 is 0 Å². The number of rotatable bonds is 4. The van der Waals surface area contributed by atoms with Crippen LogP contribution in [0.5, 0.6) is 5.75 Å². The average molecular weight is 427 g/mol. The summed E-state index contributed by atoms with van der Waals surface area (Å²) in [5.41, 5.74) is 1.95. The zero-order valence-corrected chi connectivity index (χ0v) is 17.9. The second kappa shape index (κ2) is 7.99. The Morgan fingerprint density at radius 1 is 1.20 bits per heavy atom. The molecule has 2 heterocycles. The van der Waals surface area contributed by atoms with Crippen molar-refractivity contribution < 1.29 is 14.1 Å². The topological polar surface area (TPSA) is 80.5 Å². The zero-order valence-electron chi connectivity index (χ0n) is 17.1. The monoisotopic (exact) mass is 426 g/mol. The standard InChI is InChI=1S/C22H23ClN4O3/c1-22(2,3)21(28)27-10-11-29-18-9-8-16(12-17(18)27)24-13-19-25-20(26-30-19)14-4-6-15(23)7-5-14/h4-9,12,24H,10-11,13H2,1-3H3. The van der Waals surface area contributed by atoms with E-state index >= 15 is 0 Å². The van der Waals surface area contributed by atoms with Crippen LogP contribution in [0.15, 0.2) is 47.0 Å². The van der Waals surface area contributed by atoms with Crippen LogP contribution in [0.4, 0.5) is 11.4 Å². The van der Waals surface area contributed by atoms with Crippen molar-refractivity contribution in [3.8, 4) is 17.1 Å². The zero-order chi connectivity index (χ0) is 21.3. The summed E-state index contributed by atoms with van der Waals surface area (Å²) in [5.74, 6) is 1.72. The van der Waals surface area contributed by atoms with Gasteiger partial charge in [-0.3, -0.25) is 4.79 Å². The summed E-state index contributed by atoms with van der Waals surface area (Å²) in [6.07, 6.45) is 0. The number of halogens is 1. The molecule has 1 aliphatic heterocycles. The predicted octanol–water partition coefficient (Wildman–Crippen LogP) is 4.77. The molecule has 0 spiro atoms. The van der Waals surface area contributed by atoms with Gasteiger partial charge in [0.15, 0.2) is 0 Å². The first-order valence-corrected chi connectivity index (χ1v) is 10.1. The van der Waals surface area contributed by atoms with Gasteiger partial charge in [0, 0.05) is 21.7 Å². The van der Waals surface area contributed by atoms with Gasteiger partial charge in [-0.25, -0.2) is 0 Å². The van der Waals surface area contributed by atoms with Crippen LogP contribution in [0.1, 0.15) is 26.7 Å². The van der Waals surface area contributed by atoms with E-state index in [1.165, 1.54) is 0 Å². The Balaban J connectivity index is 1.49. The summed E-state index contributed by atoms with van der Waals surface area (Å²) in [4.78, 5) is 19.0. The van der Waals surface area contributed by atoms with Crippen molar-refractivity contribution in [3.05, 3.63) is 53.4 Å². The van der Waals surface area contributed by atoms with E-state index in [0.717, 1.165) is 16.9 Å². The molecule has 0 saturated heterocycles. The van der Waals surface area contributed by atoms with E-state index in [1.54, 1.807) is 17.0 Å². The third kappa shape index (κ3) is 4.26. The van der Waals surface area contributed by atoms with Crippen molar-refractivity contribution >= 4 is 28.9 Å². The first-order chi connectivity index (χ1) is 14.3. The highest BCUT2D eigenvalue weighted by Crippen LogP contribution is 2.36. The molecular weight excluding hydrogens is 404 g/mol. The Kier molecular flexibility index (Phi) is 5.39. The molecule has 156 valence electrons. The molecule has 0 bridgehead atoms. The lowest BCUT2D eigenvalue weighted by Crippen LogP contribution is -2.44. The fraction of sp³-hybridized carbons (Fsp3) is 0.318. The first-order valence-electron chi connectivity index (χ1n) is 9.72. The number of fused-ring (bicyclic) bond motifs is 1. The first kappa shape index (κ1) is 20.2. The number of hydrogen-bond donors (Lipinski definition) is 1. The van der Waals surface area contributed by atoms with Gasteiger partial charge in [0.2, 0.25) is 17.6 Å². The molecule has 4 rings (SSSR count). The summed E-state index contributed by atoms with van der Waals surface area (Å²) < 4.78 is 11.1. The van der Waals surface area contributed by atoms with Crippen LogP contribution < -0.4 is 15.0 Å². The highest BCUT2D eigenvalue weighted by Gasteiger charge is 2.31. The van der Waals surface area contributed by atoms with Gasteiger partial charge in [0.25, 0.3) is 0 Å². The van der Waals surface area contributed by atoms with Crippen molar-refractivity contribution in [2.24, 2.45) is 5.41 Å². The molecule has 2 aromatic carbocycles. The van der Waals surface area contributed by atoms with E-state index in [1.807, 2.05) is 51.1 Å². The predicted molar refractivity (Wildman–Crippen MR) is 116 cm³/mol. The van der Waals surface area contributed by atoms with Crippen LogP contribution in [0.3, 0.4) is 0 Å². The van der Waals surface area contributed by atoms with Crippen LogP contribution in [-0.2, 0) is 11.3 Å².